The molecule has 4 nitrogen and oxygen atoms in total. The molecule has 2 heterocycles. The number of nitrogens with two attached hydrogens (primary N) is 1. The molecule has 5 heteroatoms. The zero-order valence-electron chi connectivity index (χ0n) is 11.6. The summed E-state index contributed by atoms with van der Waals surface area (Å²) < 4.78 is 5.81. The largest absolute Gasteiger partial charge is 0.375 e. The van der Waals surface area contributed by atoms with Crippen molar-refractivity contribution in [2.45, 2.75) is 50.8 Å². The lowest BCUT2D eigenvalue weighted by Gasteiger charge is -2.44. The van der Waals surface area contributed by atoms with Crippen molar-refractivity contribution in [3.63, 3.8) is 0 Å². The van der Waals surface area contributed by atoms with Crippen LogP contribution in [0.3, 0.4) is 0 Å². The number of hydrogen-bond donors (Lipinski definition) is 2. The molecule has 1 aliphatic rings. The van der Waals surface area contributed by atoms with Crippen molar-refractivity contribution < 1.29 is 9.53 Å². The fraction of sp³-hybridized carbons (Fsp3) is 0.643. The summed E-state index contributed by atoms with van der Waals surface area (Å²) in [4.78, 5) is 13.2. The van der Waals surface area contributed by atoms with Gasteiger partial charge in [0, 0.05) is 24.4 Å². The summed E-state index contributed by atoms with van der Waals surface area (Å²) in [6.07, 6.45) is 2.16. The molecule has 0 aromatic carbocycles. The van der Waals surface area contributed by atoms with E-state index in [9.17, 15) is 4.79 Å². The first-order valence-electron chi connectivity index (χ1n) is 6.71. The molecule has 0 aliphatic carbocycles. The van der Waals surface area contributed by atoms with Gasteiger partial charge in [-0.05, 0) is 31.2 Å². The molecule has 1 amide bonds. The Morgan fingerprint density at radius 2 is 2.42 bits per heavy atom. The maximum Gasteiger partial charge on any atom is 0.237 e. The highest BCUT2D eigenvalue weighted by Crippen LogP contribution is 2.34. The molecule has 1 aliphatic heterocycles. The molecular formula is C14H22N2O2S. The highest BCUT2D eigenvalue weighted by atomic mass is 32.1. The van der Waals surface area contributed by atoms with Gasteiger partial charge in [0.1, 0.15) is 5.54 Å². The van der Waals surface area contributed by atoms with Gasteiger partial charge in [0.15, 0.2) is 0 Å². The fourth-order valence-corrected chi connectivity index (χ4v) is 3.24. The van der Waals surface area contributed by atoms with Gasteiger partial charge in [-0.2, -0.15) is 0 Å². The Hall–Kier alpha value is -0.910. The van der Waals surface area contributed by atoms with Gasteiger partial charge in [-0.25, -0.2) is 0 Å². The molecular weight excluding hydrogens is 260 g/mol. The monoisotopic (exact) mass is 282 g/mol. The van der Waals surface area contributed by atoms with E-state index < -0.39 is 5.54 Å². The topological polar surface area (TPSA) is 64.3 Å². The third-order valence-corrected chi connectivity index (χ3v) is 4.93. The van der Waals surface area contributed by atoms with Gasteiger partial charge < -0.3 is 10.5 Å². The lowest BCUT2D eigenvalue weighted by molar-refractivity contribution is -0.141. The van der Waals surface area contributed by atoms with Gasteiger partial charge in [0.05, 0.1) is 5.60 Å². The summed E-state index contributed by atoms with van der Waals surface area (Å²) in [6, 6.07) is 4.07. The predicted molar refractivity (Wildman–Crippen MR) is 77.0 cm³/mol. The second-order valence-corrected chi connectivity index (χ2v) is 6.49. The number of thiophene rings is 1. The van der Waals surface area contributed by atoms with E-state index in [-0.39, 0.29) is 11.5 Å². The SMILES string of the molecule is CCC1(C)CC(NCc2cccs2)(C(N)=O)CCO1. The maximum absolute atomic E-state index is 11.9. The third-order valence-electron chi connectivity index (χ3n) is 4.06. The Morgan fingerprint density at radius 1 is 1.63 bits per heavy atom. The summed E-state index contributed by atoms with van der Waals surface area (Å²) in [7, 11) is 0. The molecule has 1 aromatic rings. The van der Waals surface area contributed by atoms with Crippen LogP contribution in [0.5, 0.6) is 0 Å². The van der Waals surface area contributed by atoms with Crippen LogP contribution in [-0.2, 0) is 16.1 Å². The first-order valence-corrected chi connectivity index (χ1v) is 7.59. The van der Waals surface area contributed by atoms with Crippen molar-refractivity contribution in [3.8, 4) is 0 Å². The quantitative estimate of drug-likeness (QED) is 0.868. The van der Waals surface area contributed by atoms with Crippen LogP contribution >= 0.6 is 11.3 Å². The second kappa shape index (κ2) is 5.61. The summed E-state index contributed by atoms with van der Waals surface area (Å²) >= 11 is 1.68. The Labute approximate surface area is 118 Å². The average molecular weight is 282 g/mol. The molecule has 0 spiro atoms. The van der Waals surface area contributed by atoms with Crippen molar-refractivity contribution in [3.05, 3.63) is 22.4 Å². The lowest BCUT2D eigenvalue weighted by atomic mass is 9.78. The highest BCUT2D eigenvalue weighted by molar-refractivity contribution is 7.09. The Morgan fingerprint density at radius 3 is 3.00 bits per heavy atom. The van der Waals surface area contributed by atoms with E-state index in [0.717, 1.165) is 6.42 Å². The van der Waals surface area contributed by atoms with Crippen LogP contribution in [0, 0.1) is 0 Å². The summed E-state index contributed by atoms with van der Waals surface area (Å²) in [5, 5.41) is 5.42. The zero-order valence-corrected chi connectivity index (χ0v) is 12.4. The van der Waals surface area contributed by atoms with Crippen LogP contribution in [0.2, 0.25) is 0 Å². The van der Waals surface area contributed by atoms with E-state index in [1.807, 2.05) is 11.4 Å². The molecule has 2 rings (SSSR count). The smallest absolute Gasteiger partial charge is 0.237 e. The number of rotatable bonds is 5. The van der Waals surface area contributed by atoms with Crippen molar-refractivity contribution in [2.75, 3.05) is 6.61 Å². The Bertz CT molecular complexity index is 435. The molecule has 19 heavy (non-hydrogen) atoms. The molecule has 106 valence electrons. The second-order valence-electron chi connectivity index (χ2n) is 5.46. The number of carbonyl (C=O) groups excluding carboxylic acids is 1. The molecule has 1 saturated heterocycles. The van der Waals surface area contributed by atoms with Gasteiger partial charge in [-0.3, -0.25) is 10.1 Å². The molecule has 1 fully saturated rings. The van der Waals surface area contributed by atoms with E-state index in [1.54, 1.807) is 11.3 Å². The predicted octanol–water partition coefficient (Wildman–Crippen LogP) is 2.04. The van der Waals surface area contributed by atoms with Gasteiger partial charge in [0.25, 0.3) is 0 Å². The van der Waals surface area contributed by atoms with E-state index in [0.29, 0.717) is 26.0 Å². The van der Waals surface area contributed by atoms with E-state index >= 15 is 0 Å². The minimum atomic E-state index is -0.646. The number of nitrogens with one attached hydrogen (secondary N) is 1. The third kappa shape index (κ3) is 3.16. The Kier molecular flexibility index (Phi) is 4.28. The standard InChI is InChI=1S/C14H22N2O2S/c1-3-13(2)10-14(12(15)17,6-7-18-13)16-9-11-5-4-8-19-11/h4-5,8,16H,3,6-7,9-10H2,1-2H3,(H2,15,17). The average Bonchev–Trinajstić information content (AvgIpc) is 2.89. The highest BCUT2D eigenvalue weighted by Gasteiger charge is 2.46. The van der Waals surface area contributed by atoms with Crippen LogP contribution in [0.15, 0.2) is 17.5 Å². The summed E-state index contributed by atoms with van der Waals surface area (Å²) in [6.45, 7) is 5.39. The van der Waals surface area contributed by atoms with Crippen LogP contribution in [-0.4, -0.2) is 23.7 Å². The normalized spacial score (nSPS) is 31.3. The molecule has 3 N–H and O–H groups in total. The molecule has 0 saturated carbocycles. The van der Waals surface area contributed by atoms with Crippen LogP contribution in [0.4, 0.5) is 0 Å². The van der Waals surface area contributed by atoms with Crippen molar-refractivity contribution in [1.82, 2.24) is 5.32 Å². The Balaban J connectivity index is 2.11. The van der Waals surface area contributed by atoms with Gasteiger partial charge in [-0.1, -0.05) is 13.0 Å². The van der Waals surface area contributed by atoms with Gasteiger partial charge >= 0.3 is 0 Å². The summed E-state index contributed by atoms with van der Waals surface area (Å²) in [5.74, 6) is -0.271. The van der Waals surface area contributed by atoms with Crippen molar-refractivity contribution in [2.24, 2.45) is 5.73 Å². The number of ether oxygens (including phenoxy) is 1. The first-order chi connectivity index (χ1) is 9.00. The van der Waals surface area contributed by atoms with Crippen molar-refractivity contribution in [1.29, 1.82) is 0 Å². The van der Waals surface area contributed by atoms with Crippen LogP contribution in [0.25, 0.3) is 0 Å². The van der Waals surface area contributed by atoms with E-state index in [2.05, 4.69) is 25.2 Å². The fourth-order valence-electron chi connectivity index (χ4n) is 2.59. The maximum atomic E-state index is 11.9. The molecule has 2 unspecified atom stereocenters. The molecule has 0 bridgehead atoms. The van der Waals surface area contributed by atoms with Gasteiger partial charge in [0.2, 0.25) is 5.91 Å². The molecule has 2 atom stereocenters. The molecule has 0 radical (unpaired) electrons. The van der Waals surface area contributed by atoms with Gasteiger partial charge in [-0.15, -0.1) is 11.3 Å². The number of hydrogen-bond acceptors (Lipinski definition) is 4. The van der Waals surface area contributed by atoms with E-state index in [4.69, 9.17) is 10.5 Å². The zero-order chi connectivity index (χ0) is 13.9. The molecule has 1 aromatic heterocycles. The van der Waals surface area contributed by atoms with Crippen LogP contribution < -0.4 is 11.1 Å². The summed E-state index contributed by atoms with van der Waals surface area (Å²) in [5.41, 5.74) is 4.75. The first kappa shape index (κ1) is 14.5. The minimum absolute atomic E-state index is 0.268. The number of carbonyl (C=O) groups is 1. The minimum Gasteiger partial charge on any atom is -0.375 e. The number of primary amides is 1. The van der Waals surface area contributed by atoms with Crippen LogP contribution in [0.1, 0.15) is 38.0 Å². The lowest BCUT2D eigenvalue weighted by Crippen LogP contribution is -2.62. The van der Waals surface area contributed by atoms with Crippen molar-refractivity contribution >= 4 is 17.2 Å². The number of amides is 1. The van der Waals surface area contributed by atoms with E-state index in [1.165, 1.54) is 4.88 Å².